The summed E-state index contributed by atoms with van der Waals surface area (Å²) < 4.78 is 0. The second kappa shape index (κ2) is 2.64. The first-order chi connectivity index (χ1) is 3.42. The smallest absolute Gasteiger partial charge is 0.0116 e. The van der Waals surface area contributed by atoms with Crippen molar-refractivity contribution in [2.45, 2.75) is 18.9 Å². The van der Waals surface area contributed by atoms with Gasteiger partial charge in [0.15, 0.2) is 0 Å². The maximum Gasteiger partial charge on any atom is 0.0116 e. The normalized spacial score (nSPS) is 13.1. The van der Waals surface area contributed by atoms with Crippen molar-refractivity contribution < 1.29 is 0 Å². The fourth-order valence-corrected chi connectivity index (χ4v) is 1.58. The van der Waals surface area contributed by atoms with E-state index in [1.807, 2.05) is 0 Å². The van der Waals surface area contributed by atoms with Gasteiger partial charge >= 0.3 is 0 Å². The Labute approximate surface area is 55.5 Å². The molecule has 0 radical (unpaired) electrons. The lowest BCUT2D eigenvalue weighted by Gasteiger charge is -2.22. The molecule has 0 saturated heterocycles. The van der Waals surface area contributed by atoms with E-state index in [0.29, 0.717) is 5.04 Å². The Balaban J connectivity index is 3.39. The lowest BCUT2D eigenvalue weighted by atomic mass is 10.2. The van der Waals surface area contributed by atoms with Crippen LogP contribution in [0, 0.1) is 0 Å². The van der Waals surface area contributed by atoms with Gasteiger partial charge in [-0.2, -0.15) is 0 Å². The summed E-state index contributed by atoms with van der Waals surface area (Å²) in [6.45, 7) is 5.83. The summed E-state index contributed by atoms with van der Waals surface area (Å²) in [5.41, 5.74) is 0. The van der Waals surface area contributed by atoms with E-state index in [1.165, 1.54) is 16.8 Å². The molecule has 0 aliphatic rings. The van der Waals surface area contributed by atoms with Crippen LogP contribution in [-0.4, -0.2) is 35.8 Å². The van der Waals surface area contributed by atoms with Gasteiger partial charge in [0.1, 0.15) is 0 Å². The van der Waals surface area contributed by atoms with E-state index >= 15 is 0 Å². The molecule has 2 heteroatoms. The molecule has 0 aromatic heterocycles. The van der Waals surface area contributed by atoms with Crippen molar-refractivity contribution in [3.63, 3.8) is 0 Å². The van der Waals surface area contributed by atoms with Crippen LogP contribution in [-0.2, 0) is 0 Å². The van der Waals surface area contributed by atoms with Gasteiger partial charge in [-0.3, -0.25) is 0 Å². The van der Waals surface area contributed by atoms with Crippen LogP contribution in [0.1, 0.15) is 13.8 Å². The van der Waals surface area contributed by atoms with E-state index in [-0.39, 0.29) is 0 Å². The highest BCUT2D eigenvalue weighted by atomic mass is 28.1. The minimum absolute atomic E-state index is 0.587. The molecule has 0 spiro atoms. The van der Waals surface area contributed by atoms with E-state index in [4.69, 9.17) is 0 Å². The minimum Gasteiger partial charge on any atom is -0.309 e. The topological polar surface area (TPSA) is 3.24 Å². The molecule has 0 atom stereocenters. The summed E-state index contributed by atoms with van der Waals surface area (Å²) in [6.07, 6.45) is 0. The second-order valence-electron chi connectivity index (χ2n) is 3.80. The Morgan fingerprint density at radius 1 is 1.38 bits per heavy atom. The molecule has 0 bridgehead atoms. The Morgan fingerprint density at radius 3 is 1.75 bits per heavy atom. The third-order valence-electron chi connectivity index (χ3n) is 0.791. The van der Waals surface area contributed by atoms with Crippen molar-refractivity contribution in [2.75, 3.05) is 20.6 Å². The van der Waals surface area contributed by atoms with E-state index < -0.39 is 0 Å². The van der Waals surface area contributed by atoms with Crippen LogP contribution in [0.4, 0.5) is 0 Å². The standard InChI is InChI=1S/C6H17NSi/c1-6(2,8)5-7(3)4/h5H2,1-4,8H3. The SMILES string of the molecule is CN(C)CC(C)(C)[SiH3]. The van der Waals surface area contributed by atoms with Crippen molar-refractivity contribution in [3.8, 4) is 0 Å². The average molecular weight is 131 g/mol. The van der Waals surface area contributed by atoms with Gasteiger partial charge in [-0.15, -0.1) is 0 Å². The third kappa shape index (κ3) is 6.18. The largest absolute Gasteiger partial charge is 0.309 e. The number of hydrogen-bond donors (Lipinski definition) is 0. The fourth-order valence-electron chi connectivity index (χ4n) is 0.949. The van der Waals surface area contributed by atoms with Gasteiger partial charge < -0.3 is 4.90 Å². The van der Waals surface area contributed by atoms with Crippen LogP contribution in [0.5, 0.6) is 0 Å². The maximum atomic E-state index is 2.30. The summed E-state index contributed by atoms with van der Waals surface area (Å²) in [7, 11) is 5.53. The van der Waals surface area contributed by atoms with Crippen LogP contribution in [0.2, 0.25) is 5.04 Å². The summed E-state index contributed by atoms with van der Waals surface area (Å²) >= 11 is 0. The van der Waals surface area contributed by atoms with E-state index in [2.05, 4.69) is 32.8 Å². The molecular formula is C6H17NSi. The highest BCUT2D eigenvalue weighted by molar-refractivity contribution is 6.14. The van der Waals surface area contributed by atoms with E-state index in [1.54, 1.807) is 0 Å². The highest BCUT2D eigenvalue weighted by Crippen LogP contribution is 2.17. The Hall–Kier alpha value is 0.177. The Kier molecular flexibility index (Phi) is 2.70. The monoisotopic (exact) mass is 131 g/mol. The lowest BCUT2D eigenvalue weighted by Crippen LogP contribution is -2.23. The lowest BCUT2D eigenvalue weighted by molar-refractivity contribution is 0.364. The van der Waals surface area contributed by atoms with Crippen LogP contribution in [0.3, 0.4) is 0 Å². The van der Waals surface area contributed by atoms with E-state index in [9.17, 15) is 0 Å². The zero-order chi connectivity index (χ0) is 6.78. The van der Waals surface area contributed by atoms with Gasteiger partial charge in [0.05, 0.1) is 0 Å². The minimum atomic E-state index is 0.587. The van der Waals surface area contributed by atoms with Crippen molar-refractivity contribution in [1.82, 2.24) is 4.90 Å². The number of hydrogen-bond acceptors (Lipinski definition) is 1. The first kappa shape index (κ1) is 8.18. The van der Waals surface area contributed by atoms with Crippen LogP contribution in [0.25, 0.3) is 0 Å². The molecule has 50 valence electrons. The molecule has 0 unspecified atom stereocenters. The number of rotatable bonds is 2. The van der Waals surface area contributed by atoms with Gasteiger partial charge in [-0.1, -0.05) is 13.8 Å². The predicted molar refractivity (Wildman–Crippen MR) is 42.5 cm³/mol. The molecule has 8 heavy (non-hydrogen) atoms. The zero-order valence-electron chi connectivity index (χ0n) is 6.65. The molecule has 0 amide bonds. The van der Waals surface area contributed by atoms with Crippen LogP contribution >= 0.6 is 0 Å². The molecule has 0 aliphatic carbocycles. The molecule has 0 saturated carbocycles. The fraction of sp³-hybridized carbons (Fsp3) is 1.00. The van der Waals surface area contributed by atoms with Gasteiger partial charge in [0.25, 0.3) is 0 Å². The second-order valence-corrected chi connectivity index (χ2v) is 6.51. The van der Waals surface area contributed by atoms with Crippen molar-refractivity contribution in [1.29, 1.82) is 0 Å². The zero-order valence-corrected chi connectivity index (χ0v) is 8.65. The number of nitrogens with zero attached hydrogens (tertiary/aromatic N) is 1. The molecule has 0 N–H and O–H groups in total. The molecule has 0 fully saturated rings. The quantitative estimate of drug-likeness (QED) is 0.481. The van der Waals surface area contributed by atoms with Crippen LogP contribution in [0.15, 0.2) is 0 Å². The third-order valence-corrected chi connectivity index (χ3v) is 1.11. The van der Waals surface area contributed by atoms with Gasteiger partial charge in [-0.05, 0) is 25.7 Å². The first-order valence-electron chi connectivity index (χ1n) is 3.06. The van der Waals surface area contributed by atoms with E-state index in [0.717, 1.165) is 0 Å². The molecular weight excluding hydrogens is 114 g/mol. The maximum absolute atomic E-state index is 2.30. The molecule has 0 rings (SSSR count). The highest BCUT2D eigenvalue weighted by Gasteiger charge is 2.09. The summed E-state index contributed by atoms with van der Waals surface area (Å²) in [5, 5.41) is 0.587. The van der Waals surface area contributed by atoms with Crippen molar-refractivity contribution >= 4 is 10.2 Å². The molecule has 0 aromatic carbocycles. The first-order valence-corrected chi connectivity index (χ1v) is 4.06. The van der Waals surface area contributed by atoms with Gasteiger partial charge in [0, 0.05) is 10.2 Å². The van der Waals surface area contributed by atoms with Crippen molar-refractivity contribution in [3.05, 3.63) is 0 Å². The van der Waals surface area contributed by atoms with Crippen LogP contribution < -0.4 is 0 Å². The summed E-state index contributed by atoms with van der Waals surface area (Å²) in [6, 6.07) is 0. The molecule has 0 heterocycles. The van der Waals surface area contributed by atoms with Crippen molar-refractivity contribution in [2.24, 2.45) is 0 Å². The Bertz CT molecular complexity index is 63.4. The Morgan fingerprint density at radius 2 is 1.75 bits per heavy atom. The average Bonchev–Trinajstić information content (AvgIpc) is 1.21. The summed E-state index contributed by atoms with van der Waals surface area (Å²) in [4.78, 5) is 2.24. The predicted octanol–water partition coefficient (Wildman–Crippen LogP) is 0.112. The molecule has 0 aromatic rings. The molecule has 1 nitrogen and oxygen atoms in total. The molecule has 0 aliphatic heterocycles. The van der Waals surface area contributed by atoms with Gasteiger partial charge in [0.2, 0.25) is 0 Å². The van der Waals surface area contributed by atoms with Gasteiger partial charge in [-0.25, -0.2) is 0 Å². The summed E-state index contributed by atoms with van der Waals surface area (Å²) in [5.74, 6) is 0.